The molecule has 1 unspecified atom stereocenters. The van der Waals surface area contributed by atoms with Crippen molar-refractivity contribution in [1.29, 1.82) is 0 Å². The Morgan fingerprint density at radius 2 is 2.62 bits per heavy atom. The SMILES string of the molecule is CC1CCCN1c1nc(CCl)co1. The number of halogens is 1. The lowest BCUT2D eigenvalue weighted by Crippen LogP contribution is -2.26. The van der Waals surface area contributed by atoms with Crippen LogP contribution in [0.15, 0.2) is 10.7 Å². The molecule has 0 amide bonds. The fourth-order valence-corrected chi connectivity index (χ4v) is 1.83. The van der Waals surface area contributed by atoms with Crippen LogP contribution in [0, 0.1) is 0 Å². The molecule has 0 spiro atoms. The van der Waals surface area contributed by atoms with Gasteiger partial charge in [0.2, 0.25) is 0 Å². The third kappa shape index (κ3) is 1.66. The molecular formula is C9H13ClN2O. The number of anilines is 1. The van der Waals surface area contributed by atoms with Crippen molar-refractivity contribution in [3.05, 3.63) is 12.0 Å². The Kier molecular flexibility index (Phi) is 2.44. The third-order valence-corrected chi connectivity index (χ3v) is 2.75. The Morgan fingerprint density at radius 3 is 3.15 bits per heavy atom. The van der Waals surface area contributed by atoms with E-state index in [0.717, 1.165) is 18.3 Å². The van der Waals surface area contributed by atoms with Crippen molar-refractivity contribution in [2.75, 3.05) is 11.4 Å². The van der Waals surface area contributed by atoms with E-state index < -0.39 is 0 Å². The molecule has 1 atom stereocenters. The Balaban J connectivity index is 2.15. The van der Waals surface area contributed by atoms with Gasteiger partial charge in [-0.15, -0.1) is 11.6 Å². The highest BCUT2D eigenvalue weighted by Gasteiger charge is 2.24. The third-order valence-electron chi connectivity index (χ3n) is 2.48. The molecule has 0 aliphatic carbocycles. The Hall–Kier alpha value is -0.700. The van der Waals surface area contributed by atoms with Gasteiger partial charge < -0.3 is 9.32 Å². The van der Waals surface area contributed by atoms with Gasteiger partial charge in [0.15, 0.2) is 0 Å². The quantitative estimate of drug-likeness (QED) is 0.687. The number of hydrogen-bond acceptors (Lipinski definition) is 3. The summed E-state index contributed by atoms with van der Waals surface area (Å²) in [6, 6.07) is 1.27. The van der Waals surface area contributed by atoms with Gasteiger partial charge >= 0.3 is 0 Å². The molecule has 1 aliphatic heterocycles. The first-order valence-corrected chi connectivity index (χ1v) is 5.11. The van der Waals surface area contributed by atoms with Gasteiger partial charge in [-0.2, -0.15) is 4.98 Å². The van der Waals surface area contributed by atoms with E-state index in [1.165, 1.54) is 12.8 Å². The van der Waals surface area contributed by atoms with Gasteiger partial charge in [-0.25, -0.2) is 0 Å². The molecule has 1 aromatic heterocycles. The second kappa shape index (κ2) is 3.58. The van der Waals surface area contributed by atoms with Crippen LogP contribution in [-0.2, 0) is 5.88 Å². The number of rotatable bonds is 2. The van der Waals surface area contributed by atoms with Crippen molar-refractivity contribution in [3.8, 4) is 0 Å². The summed E-state index contributed by atoms with van der Waals surface area (Å²) in [4.78, 5) is 6.48. The van der Waals surface area contributed by atoms with Crippen LogP contribution in [-0.4, -0.2) is 17.6 Å². The fraction of sp³-hybridized carbons (Fsp3) is 0.667. The van der Waals surface area contributed by atoms with E-state index in [2.05, 4.69) is 16.8 Å². The zero-order chi connectivity index (χ0) is 9.26. The molecule has 0 bridgehead atoms. The maximum atomic E-state index is 5.64. The highest BCUT2D eigenvalue weighted by Crippen LogP contribution is 2.24. The zero-order valence-corrected chi connectivity index (χ0v) is 8.42. The summed E-state index contributed by atoms with van der Waals surface area (Å²) < 4.78 is 5.34. The van der Waals surface area contributed by atoms with Gasteiger partial charge in [0.1, 0.15) is 6.26 Å². The molecule has 0 N–H and O–H groups in total. The maximum absolute atomic E-state index is 5.64. The predicted octanol–water partition coefficient (Wildman–Crippen LogP) is 2.40. The van der Waals surface area contributed by atoms with Crippen molar-refractivity contribution in [1.82, 2.24) is 4.98 Å². The average Bonchev–Trinajstić information content (AvgIpc) is 2.71. The summed E-state index contributed by atoms with van der Waals surface area (Å²) in [5.74, 6) is 0.422. The Morgan fingerprint density at radius 1 is 1.77 bits per heavy atom. The highest BCUT2D eigenvalue weighted by molar-refractivity contribution is 6.16. The van der Waals surface area contributed by atoms with Gasteiger partial charge in [-0.05, 0) is 19.8 Å². The Labute approximate surface area is 82.7 Å². The van der Waals surface area contributed by atoms with Crippen LogP contribution in [0.3, 0.4) is 0 Å². The Bertz CT molecular complexity index is 287. The van der Waals surface area contributed by atoms with E-state index in [1.807, 2.05) is 0 Å². The molecule has 3 nitrogen and oxygen atoms in total. The van der Waals surface area contributed by atoms with Crippen molar-refractivity contribution in [3.63, 3.8) is 0 Å². The van der Waals surface area contributed by atoms with Crippen LogP contribution in [0.5, 0.6) is 0 Å². The summed E-state index contributed by atoms with van der Waals surface area (Å²) in [5, 5.41) is 0. The van der Waals surface area contributed by atoms with Gasteiger partial charge in [0, 0.05) is 12.6 Å². The van der Waals surface area contributed by atoms with E-state index in [9.17, 15) is 0 Å². The first-order chi connectivity index (χ1) is 6.31. The van der Waals surface area contributed by atoms with Gasteiger partial charge in [0.25, 0.3) is 6.01 Å². The minimum absolute atomic E-state index is 0.422. The normalized spacial score (nSPS) is 22.6. The minimum atomic E-state index is 0.422. The predicted molar refractivity (Wildman–Crippen MR) is 52.1 cm³/mol. The van der Waals surface area contributed by atoms with Crippen LogP contribution < -0.4 is 4.90 Å². The van der Waals surface area contributed by atoms with Gasteiger partial charge in [-0.1, -0.05) is 0 Å². The molecule has 2 rings (SSSR count). The first kappa shape index (κ1) is 8.88. The van der Waals surface area contributed by atoms with E-state index in [-0.39, 0.29) is 0 Å². The second-order valence-electron chi connectivity index (χ2n) is 3.44. The highest BCUT2D eigenvalue weighted by atomic mass is 35.5. The van der Waals surface area contributed by atoms with Crippen molar-refractivity contribution in [2.45, 2.75) is 31.7 Å². The number of alkyl halides is 1. The lowest BCUT2D eigenvalue weighted by atomic mass is 10.2. The van der Waals surface area contributed by atoms with Crippen LogP contribution in [0.1, 0.15) is 25.5 Å². The molecule has 0 aromatic carbocycles. The molecule has 1 saturated heterocycles. The van der Waals surface area contributed by atoms with E-state index in [0.29, 0.717) is 11.9 Å². The molecule has 0 radical (unpaired) electrons. The summed E-state index contributed by atoms with van der Waals surface area (Å²) in [5.41, 5.74) is 0.816. The standard InChI is InChI=1S/C9H13ClN2O/c1-7-3-2-4-12(7)9-11-8(5-10)6-13-9/h6-7H,2-5H2,1H3. The number of nitrogens with zero attached hydrogens (tertiary/aromatic N) is 2. The van der Waals surface area contributed by atoms with E-state index in [4.69, 9.17) is 16.0 Å². The molecule has 0 saturated carbocycles. The van der Waals surface area contributed by atoms with Crippen molar-refractivity contribution >= 4 is 17.6 Å². The summed E-state index contributed by atoms with van der Waals surface area (Å²) >= 11 is 5.64. The molecule has 13 heavy (non-hydrogen) atoms. The molecule has 2 heterocycles. The summed E-state index contributed by atoms with van der Waals surface area (Å²) in [6.45, 7) is 3.24. The monoisotopic (exact) mass is 200 g/mol. The molecular weight excluding hydrogens is 188 g/mol. The van der Waals surface area contributed by atoms with Crippen LogP contribution in [0.25, 0.3) is 0 Å². The van der Waals surface area contributed by atoms with Crippen molar-refractivity contribution < 1.29 is 4.42 Å². The summed E-state index contributed by atoms with van der Waals surface area (Å²) in [7, 11) is 0. The zero-order valence-electron chi connectivity index (χ0n) is 7.66. The van der Waals surface area contributed by atoms with Crippen LogP contribution >= 0.6 is 11.6 Å². The van der Waals surface area contributed by atoms with Gasteiger partial charge in [0.05, 0.1) is 11.6 Å². The lowest BCUT2D eigenvalue weighted by Gasteiger charge is -2.18. The van der Waals surface area contributed by atoms with E-state index >= 15 is 0 Å². The number of oxazole rings is 1. The minimum Gasteiger partial charge on any atom is -0.432 e. The van der Waals surface area contributed by atoms with Crippen LogP contribution in [0.4, 0.5) is 6.01 Å². The van der Waals surface area contributed by atoms with Crippen molar-refractivity contribution in [2.24, 2.45) is 0 Å². The maximum Gasteiger partial charge on any atom is 0.297 e. The lowest BCUT2D eigenvalue weighted by molar-refractivity contribution is 0.529. The number of hydrogen-bond donors (Lipinski definition) is 0. The molecule has 1 fully saturated rings. The molecule has 72 valence electrons. The number of aromatic nitrogens is 1. The van der Waals surface area contributed by atoms with Crippen LogP contribution in [0.2, 0.25) is 0 Å². The molecule has 4 heteroatoms. The first-order valence-electron chi connectivity index (χ1n) is 4.58. The largest absolute Gasteiger partial charge is 0.432 e. The fourth-order valence-electron chi connectivity index (χ4n) is 1.71. The average molecular weight is 201 g/mol. The molecule has 1 aliphatic rings. The summed E-state index contributed by atoms with van der Waals surface area (Å²) in [6.07, 6.45) is 4.08. The second-order valence-corrected chi connectivity index (χ2v) is 3.71. The molecule has 1 aromatic rings. The smallest absolute Gasteiger partial charge is 0.297 e. The topological polar surface area (TPSA) is 29.3 Å². The van der Waals surface area contributed by atoms with E-state index in [1.54, 1.807) is 6.26 Å². The van der Waals surface area contributed by atoms with Gasteiger partial charge in [-0.3, -0.25) is 0 Å².